The Bertz CT molecular complexity index is 958. The topological polar surface area (TPSA) is 55.3 Å². The minimum absolute atomic E-state index is 0.0354. The number of carbonyl (C=O) groups is 1. The van der Waals surface area contributed by atoms with Gasteiger partial charge in [0.05, 0.1) is 17.3 Å². The predicted molar refractivity (Wildman–Crippen MR) is 137 cm³/mol. The molecule has 5 nitrogen and oxygen atoms in total. The summed E-state index contributed by atoms with van der Waals surface area (Å²) in [5.74, 6) is 1.63. The fraction of sp³-hybridized carbons (Fsp3) is 0.731. The van der Waals surface area contributed by atoms with Crippen molar-refractivity contribution in [2.24, 2.45) is 11.8 Å². The van der Waals surface area contributed by atoms with Gasteiger partial charge in [-0.25, -0.2) is 9.97 Å². The molecule has 0 saturated heterocycles. The monoisotopic (exact) mass is 543 g/mol. The number of hydrogen-bond donors (Lipinski definition) is 0. The van der Waals surface area contributed by atoms with Crippen molar-refractivity contribution in [2.45, 2.75) is 83.7 Å². The van der Waals surface area contributed by atoms with Crippen LogP contribution in [0.3, 0.4) is 0 Å². The third-order valence-corrected chi connectivity index (χ3v) is 9.27. The van der Waals surface area contributed by atoms with Crippen LogP contribution in [-0.2, 0) is 24.1 Å². The van der Waals surface area contributed by atoms with Gasteiger partial charge in [-0.15, -0.1) is 11.3 Å². The first kappa shape index (κ1) is 27.5. The van der Waals surface area contributed by atoms with Crippen molar-refractivity contribution in [1.29, 1.82) is 0 Å². The molecule has 0 amide bonds. The summed E-state index contributed by atoms with van der Waals surface area (Å²) in [7, 11) is 0. The normalized spacial score (nSPS) is 21.2. The Morgan fingerprint density at radius 2 is 1.89 bits per heavy atom. The van der Waals surface area contributed by atoms with Crippen LogP contribution in [0, 0.1) is 18.8 Å². The second-order valence-electron chi connectivity index (χ2n) is 10.2. The SMILES string of the molecule is Cc1ncc(CC(=O)CC2CCC(CCN3CCc4nc(OCCCC(F)(F)F)sc4CC3)CC2)s1. The van der Waals surface area contributed by atoms with Crippen molar-refractivity contribution in [3.8, 4) is 5.19 Å². The maximum atomic E-state index is 12.4. The van der Waals surface area contributed by atoms with E-state index in [1.165, 1.54) is 35.5 Å². The Kier molecular flexibility index (Phi) is 9.80. The van der Waals surface area contributed by atoms with Gasteiger partial charge >= 0.3 is 6.18 Å². The van der Waals surface area contributed by atoms with Gasteiger partial charge in [0.25, 0.3) is 5.19 Å². The number of alkyl halides is 3. The van der Waals surface area contributed by atoms with Crippen LogP contribution in [-0.4, -0.2) is 53.1 Å². The van der Waals surface area contributed by atoms with E-state index >= 15 is 0 Å². The van der Waals surface area contributed by atoms with E-state index in [1.807, 2.05) is 13.1 Å². The van der Waals surface area contributed by atoms with Crippen LogP contribution in [0.1, 0.15) is 71.8 Å². The second kappa shape index (κ2) is 12.8. The van der Waals surface area contributed by atoms with Crippen molar-refractivity contribution >= 4 is 28.5 Å². The van der Waals surface area contributed by atoms with E-state index in [1.54, 1.807) is 11.3 Å². The minimum Gasteiger partial charge on any atom is -0.470 e. The van der Waals surface area contributed by atoms with Crippen LogP contribution in [0.15, 0.2) is 6.20 Å². The third-order valence-electron chi connectivity index (χ3n) is 7.29. The lowest BCUT2D eigenvalue weighted by Crippen LogP contribution is -2.30. The third kappa shape index (κ3) is 8.80. The summed E-state index contributed by atoms with van der Waals surface area (Å²) < 4.78 is 42.3. The molecule has 2 aliphatic rings. The van der Waals surface area contributed by atoms with Crippen molar-refractivity contribution in [3.05, 3.63) is 26.7 Å². The molecule has 0 spiro atoms. The number of rotatable bonds is 11. The molecule has 0 atom stereocenters. The standard InChI is InChI=1S/C26H36F3N3O2S2/c1-18-30-17-22(35-18)16-21(33)15-20-5-3-19(4-6-20)7-11-32-12-8-23-24(9-13-32)36-25(31-23)34-14-2-10-26(27,28)29/h17,19-20H,2-16H2,1H3. The van der Waals surface area contributed by atoms with Crippen molar-refractivity contribution < 1.29 is 22.7 Å². The molecule has 0 unspecified atom stereocenters. The Hall–Kier alpha value is -1.52. The summed E-state index contributed by atoms with van der Waals surface area (Å²) in [4.78, 5) is 26.1. The van der Waals surface area contributed by atoms with Gasteiger partial charge in [-0.2, -0.15) is 13.2 Å². The summed E-state index contributed by atoms with van der Waals surface area (Å²) >= 11 is 3.11. The molecule has 0 bridgehead atoms. The fourth-order valence-corrected chi connectivity index (χ4v) is 7.06. The average Bonchev–Trinajstić information content (AvgIpc) is 3.36. The smallest absolute Gasteiger partial charge is 0.389 e. The fourth-order valence-electron chi connectivity index (χ4n) is 5.27. The largest absolute Gasteiger partial charge is 0.470 e. The molecule has 1 aliphatic heterocycles. The molecular formula is C26H36F3N3O2S2. The van der Waals surface area contributed by atoms with Crippen molar-refractivity contribution in [3.63, 3.8) is 0 Å². The van der Waals surface area contributed by atoms with Gasteiger partial charge in [0.2, 0.25) is 0 Å². The van der Waals surface area contributed by atoms with E-state index in [-0.39, 0.29) is 13.0 Å². The van der Waals surface area contributed by atoms with Crippen LogP contribution >= 0.6 is 22.7 Å². The number of carbonyl (C=O) groups excluding carboxylic acids is 1. The first-order valence-corrected chi connectivity index (χ1v) is 14.7. The van der Waals surface area contributed by atoms with E-state index in [9.17, 15) is 18.0 Å². The van der Waals surface area contributed by atoms with Gasteiger partial charge in [0.1, 0.15) is 5.78 Å². The van der Waals surface area contributed by atoms with Gasteiger partial charge in [-0.05, 0) is 57.4 Å². The molecule has 1 fully saturated rings. The first-order valence-electron chi connectivity index (χ1n) is 13.1. The quantitative estimate of drug-likeness (QED) is 0.306. The molecule has 36 heavy (non-hydrogen) atoms. The lowest BCUT2D eigenvalue weighted by molar-refractivity contribution is -0.136. The summed E-state index contributed by atoms with van der Waals surface area (Å²) in [6, 6.07) is 0. The average molecular weight is 544 g/mol. The van der Waals surface area contributed by atoms with E-state index in [0.717, 1.165) is 66.8 Å². The zero-order chi connectivity index (χ0) is 25.5. The van der Waals surface area contributed by atoms with E-state index in [4.69, 9.17) is 4.74 Å². The van der Waals surface area contributed by atoms with E-state index in [2.05, 4.69) is 14.9 Å². The van der Waals surface area contributed by atoms with Gasteiger partial charge in [-0.1, -0.05) is 24.2 Å². The number of ketones is 1. The molecule has 10 heteroatoms. The number of fused-ring (bicyclic) bond motifs is 1. The number of aryl methyl sites for hydroxylation is 1. The minimum atomic E-state index is -4.13. The van der Waals surface area contributed by atoms with Crippen LogP contribution in [0.25, 0.3) is 0 Å². The molecule has 3 heterocycles. The summed E-state index contributed by atoms with van der Waals surface area (Å²) in [5, 5.41) is 1.53. The molecule has 1 aliphatic carbocycles. The van der Waals surface area contributed by atoms with E-state index in [0.29, 0.717) is 29.7 Å². The Labute approximate surface area is 219 Å². The molecule has 4 rings (SSSR count). The molecule has 1 saturated carbocycles. The number of nitrogens with zero attached hydrogens (tertiary/aromatic N) is 3. The Morgan fingerprint density at radius 3 is 2.61 bits per heavy atom. The highest BCUT2D eigenvalue weighted by Crippen LogP contribution is 2.34. The molecule has 2 aromatic rings. The molecular weight excluding hydrogens is 507 g/mol. The number of Topliss-reactive ketones (excluding diaryl/α,β-unsaturated/α-hetero) is 1. The number of hydrogen-bond acceptors (Lipinski definition) is 7. The summed E-state index contributed by atoms with van der Waals surface area (Å²) in [5.41, 5.74) is 1.05. The van der Waals surface area contributed by atoms with Gasteiger partial charge in [-0.3, -0.25) is 4.79 Å². The lowest BCUT2D eigenvalue weighted by atomic mass is 9.78. The molecule has 2 aromatic heterocycles. The van der Waals surface area contributed by atoms with Crippen LogP contribution in [0.4, 0.5) is 13.2 Å². The van der Waals surface area contributed by atoms with Crippen LogP contribution in [0.2, 0.25) is 0 Å². The number of ether oxygens (including phenoxy) is 1. The van der Waals surface area contributed by atoms with E-state index < -0.39 is 12.6 Å². The molecule has 200 valence electrons. The predicted octanol–water partition coefficient (Wildman–Crippen LogP) is 6.43. The number of aromatic nitrogens is 2. The summed E-state index contributed by atoms with van der Waals surface area (Å²) in [6.45, 7) is 5.08. The summed E-state index contributed by atoms with van der Waals surface area (Å²) in [6.07, 6.45) is 5.84. The van der Waals surface area contributed by atoms with Gasteiger partial charge < -0.3 is 9.64 Å². The van der Waals surface area contributed by atoms with Crippen LogP contribution in [0.5, 0.6) is 5.19 Å². The second-order valence-corrected chi connectivity index (χ2v) is 12.6. The first-order chi connectivity index (χ1) is 17.2. The number of halogens is 3. The van der Waals surface area contributed by atoms with Crippen molar-refractivity contribution in [2.75, 3.05) is 26.2 Å². The number of thiazole rings is 2. The highest BCUT2D eigenvalue weighted by molar-refractivity contribution is 7.13. The Balaban J connectivity index is 1.11. The van der Waals surface area contributed by atoms with Crippen molar-refractivity contribution in [1.82, 2.24) is 14.9 Å². The highest BCUT2D eigenvalue weighted by atomic mass is 32.1. The van der Waals surface area contributed by atoms with Gasteiger partial charge in [0.15, 0.2) is 0 Å². The zero-order valence-electron chi connectivity index (χ0n) is 20.9. The lowest BCUT2D eigenvalue weighted by Gasteiger charge is -2.30. The molecule has 0 N–H and O–H groups in total. The zero-order valence-corrected chi connectivity index (χ0v) is 22.6. The maximum absolute atomic E-state index is 12.4. The Morgan fingerprint density at radius 1 is 1.14 bits per heavy atom. The molecule has 0 radical (unpaired) electrons. The molecule has 0 aromatic carbocycles. The van der Waals surface area contributed by atoms with Crippen LogP contribution < -0.4 is 4.74 Å². The maximum Gasteiger partial charge on any atom is 0.389 e. The van der Waals surface area contributed by atoms with Gasteiger partial charge in [0, 0.05) is 54.7 Å². The highest BCUT2D eigenvalue weighted by Gasteiger charge is 2.27.